The summed E-state index contributed by atoms with van der Waals surface area (Å²) in [5.74, 6) is 0.0471. The molecule has 0 aromatic carbocycles. The Balaban J connectivity index is 2.31. The van der Waals surface area contributed by atoms with Gasteiger partial charge in [0.1, 0.15) is 6.33 Å². The molecule has 0 aliphatic carbocycles. The van der Waals surface area contributed by atoms with Gasteiger partial charge in [-0.25, -0.2) is 9.97 Å². The van der Waals surface area contributed by atoms with Crippen molar-refractivity contribution in [2.45, 2.75) is 6.54 Å². The lowest BCUT2D eigenvalue weighted by Gasteiger charge is -2.17. The zero-order chi connectivity index (χ0) is 13.8. The van der Waals surface area contributed by atoms with Crippen LogP contribution >= 0.6 is 0 Å². The fourth-order valence-corrected chi connectivity index (χ4v) is 1.67. The molecular formula is C11H12N6O2. The van der Waals surface area contributed by atoms with E-state index in [-0.39, 0.29) is 17.3 Å². The second kappa shape index (κ2) is 5.25. The molecule has 2 rings (SSSR count). The summed E-state index contributed by atoms with van der Waals surface area (Å²) in [5.41, 5.74) is 6.21. The van der Waals surface area contributed by atoms with Crippen LogP contribution in [-0.2, 0) is 6.54 Å². The summed E-state index contributed by atoms with van der Waals surface area (Å²) in [6.45, 7) is 0.458. The highest BCUT2D eigenvalue weighted by molar-refractivity contribution is 5.68. The maximum Gasteiger partial charge on any atom is 0.353 e. The summed E-state index contributed by atoms with van der Waals surface area (Å²) < 4.78 is 0. The lowest BCUT2D eigenvalue weighted by Crippen LogP contribution is -2.20. The first kappa shape index (κ1) is 12.7. The van der Waals surface area contributed by atoms with Crippen LogP contribution in [0.1, 0.15) is 5.56 Å². The van der Waals surface area contributed by atoms with E-state index in [0.29, 0.717) is 6.54 Å². The molecule has 0 spiro atoms. The number of nitro groups is 1. The zero-order valence-corrected chi connectivity index (χ0v) is 10.2. The van der Waals surface area contributed by atoms with E-state index < -0.39 is 4.92 Å². The molecule has 98 valence electrons. The van der Waals surface area contributed by atoms with Crippen LogP contribution in [0.5, 0.6) is 0 Å². The third-order valence-electron chi connectivity index (χ3n) is 2.54. The fraction of sp³-hybridized carbons (Fsp3) is 0.182. The molecule has 0 saturated heterocycles. The van der Waals surface area contributed by atoms with Crippen molar-refractivity contribution in [2.75, 3.05) is 17.7 Å². The smallest absolute Gasteiger partial charge is 0.353 e. The van der Waals surface area contributed by atoms with Crippen molar-refractivity contribution in [1.29, 1.82) is 0 Å². The second-order valence-corrected chi connectivity index (χ2v) is 3.90. The van der Waals surface area contributed by atoms with Crippen LogP contribution in [0.4, 0.5) is 17.3 Å². The lowest BCUT2D eigenvalue weighted by atomic mass is 10.2. The Kier molecular flexibility index (Phi) is 3.51. The number of pyridine rings is 1. The summed E-state index contributed by atoms with van der Waals surface area (Å²) in [7, 11) is 1.70. The number of nitrogens with two attached hydrogens (primary N) is 1. The van der Waals surface area contributed by atoms with E-state index in [1.54, 1.807) is 24.3 Å². The average molecular weight is 260 g/mol. The number of rotatable bonds is 4. The molecule has 2 aromatic rings. The predicted molar refractivity (Wildman–Crippen MR) is 69.4 cm³/mol. The largest absolute Gasteiger partial charge is 0.378 e. The molecule has 0 amide bonds. The molecule has 0 bridgehead atoms. The first-order valence-electron chi connectivity index (χ1n) is 5.44. The van der Waals surface area contributed by atoms with Gasteiger partial charge in [-0.1, -0.05) is 0 Å². The first-order chi connectivity index (χ1) is 9.09. The van der Waals surface area contributed by atoms with E-state index in [1.165, 1.54) is 6.33 Å². The van der Waals surface area contributed by atoms with E-state index in [9.17, 15) is 10.1 Å². The molecule has 0 radical (unpaired) electrons. The van der Waals surface area contributed by atoms with Gasteiger partial charge in [-0.15, -0.1) is 0 Å². The van der Waals surface area contributed by atoms with Crippen molar-refractivity contribution < 1.29 is 4.92 Å². The van der Waals surface area contributed by atoms with Crippen LogP contribution in [0.25, 0.3) is 0 Å². The molecule has 0 fully saturated rings. The summed E-state index contributed by atoms with van der Waals surface area (Å²) in [6.07, 6.45) is 4.53. The van der Waals surface area contributed by atoms with Gasteiger partial charge in [0.25, 0.3) is 0 Å². The van der Waals surface area contributed by atoms with Gasteiger partial charge in [0.15, 0.2) is 0 Å². The number of anilines is 2. The van der Waals surface area contributed by atoms with Crippen LogP contribution in [0.15, 0.2) is 30.9 Å². The Bertz CT molecular complexity index is 589. The van der Waals surface area contributed by atoms with E-state index in [4.69, 9.17) is 5.73 Å². The van der Waals surface area contributed by atoms with Gasteiger partial charge >= 0.3 is 5.69 Å². The van der Waals surface area contributed by atoms with Gasteiger partial charge in [0.05, 0.1) is 4.92 Å². The summed E-state index contributed by atoms with van der Waals surface area (Å²) in [5, 5.41) is 11.0. The Morgan fingerprint density at radius 1 is 1.37 bits per heavy atom. The minimum Gasteiger partial charge on any atom is -0.378 e. The summed E-state index contributed by atoms with van der Waals surface area (Å²) in [4.78, 5) is 23.6. The minimum absolute atomic E-state index is 0.142. The van der Waals surface area contributed by atoms with Crippen LogP contribution < -0.4 is 10.6 Å². The third-order valence-corrected chi connectivity index (χ3v) is 2.54. The van der Waals surface area contributed by atoms with Gasteiger partial charge in [0, 0.05) is 26.0 Å². The normalized spacial score (nSPS) is 10.2. The molecule has 0 aliphatic heterocycles. The van der Waals surface area contributed by atoms with Gasteiger partial charge in [-0.05, 0) is 17.7 Å². The number of aromatic nitrogens is 3. The van der Waals surface area contributed by atoms with Crippen molar-refractivity contribution in [1.82, 2.24) is 15.0 Å². The van der Waals surface area contributed by atoms with E-state index in [2.05, 4.69) is 15.0 Å². The van der Waals surface area contributed by atoms with Crippen LogP contribution in [0, 0.1) is 10.1 Å². The Hall–Kier alpha value is -2.77. The Labute approximate surface area is 109 Å². The van der Waals surface area contributed by atoms with Gasteiger partial charge < -0.3 is 10.6 Å². The average Bonchev–Trinajstić information content (AvgIpc) is 2.39. The highest BCUT2D eigenvalue weighted by Gasteiger charge is 2.23. The molecule has 2 aromatic heterocycles. The zero-order valence-electron chi connectivity index (χ0n) is 10.2. The molecule has 0 atom stereocenters. The van der Waals surface area contributed by atoms with Crippen LogP contribution in [0.2, 0.25) is 0 Å². The monoisotopic (exact) mass is 260 g/mol. The van der Waals surface area contributed by atoms with Crippen molar-refractivity contribution in [2.24, 2.45) is 0 Å². The second-order valence-electron chi connectivity index (χ2n) is 3.90. The van der Waals surface area contributed by atoms with Gasteiger partial charge in [0.2, 0.25) is 11.6 Å². The van der Waals surface area contributed by atoms with Crippen molar-refractivity contribution in [3.63, 3.8) is 0 Å². The van der Waals surface area contributed by atoms with E-state index in [1.807, 2.05) is 12.1 Å². The molecule has 2 N–H and O–H groups in total. The van der Waals surface area contributed by atoms with Crippen LogP contribution in [-0.4, -0.2) is 26.9 Å². The third kappa shape index (κ3) is 2.73. The molecular weight excluding hydrogens is 248 g/mol. The number of nitrogen functional groups attached to an aromatic ring is 1. The maximum absolute atomic E-state index is 11.0. The Morgan fingerprint density at radius 3 is 2.68 bits per heavy atom. The highest BCUT2D eigenvalue weighted by Crippen LogP contribution is 2.29. The van der Waals surface area contributed by atoms with Crippen molar-refractivity contribution in [3.8, 4) is 0 Å². The molecule has 8 heteroatoms. The molecule has 8 nitrogen and oxygen atoms in total. The quantitative estimate of drug-likeness (QED) is 0.644. The fourth-order valence-electron chi connectivity index (χ4n) is 1.67. The van der Waals surface area contributed by atoms with Crippen molar-refractivity contribution >= 4 is 17.3 Å². The van der Waals surface area contributed by atoms with E-state index in [0.717, 1.165) is 5.56 Å². The molecule has 19 heavy (non-hydrogen) atoms. The van der Waals surface area contributed by atoms with E-state index >= 15 is 0 Å². The molecule has 0 saturated carbocycles. The first-order valence-corrected chi connectivity index (χ1v) is 5.44. The van der Waals surface area contributed by atoms with Crippen molar-refractivity contribution in [3.05, 3.63) is 46.5 Å². The van der Waals surface area contributed by atoms with Gasteiger partial charge in [-0.3, -0.25) is 15.1 Å². The summed E-state index contributed by atoms with van der Waals surface area (Å²) in [6, 6.07) is 3.65. The standard InChI is InChI=1S/C11H12N6O2/c1-16(6-8-2-4-13-5-3-8)11-9(17(18)19)10(12)14-7-15-11/h2-5,7H,6H2,1H3,(H2,12,14,15). The number of nitrogens with zero attached hydrogens (tertiary/aromatic N) is 5. The van der Waals surface area contributed by atoms with Gasteiger partial charge in [-0.2, -0.15) is 0 Å². The Morgan fingerprint density at radius 2 is 2.05 bits per heavy atom. The molecule has 2 heterocycles. The minimum atomic E-state index is -0.576. The topological polar surface area (TPSA) is 111 Å². The molecule has 0 aliphatic rings. The number of hydrogen-bond donors (Lipinski definition) is 1. The summed E-state index contributed by atoms with van der Waals surface area (Å²) >= 11 is 0. The molecule has 0 unspecified atom stereocenters. The SMILES string of the molecule is CN(Cc1ccncc1)c1ncnc(N)c1[N+](=O)[O-]. The highest BCUT2D eigenvalue weighted by atomic mass is 16.6. The van der Waals surface area contributed by atoms with Crippen LogP contribution in [0.3, 0.4) is 0 Å². The predicted octanol–water partition coefficient (Wildman–Crippen LogP) is 0.998. The maximum atomic E-state index is 11.0. The number of hydrogen-bond acceptors (Lipinski definition) is 7. The lowest BCUT2D eigenvalue weighted by molar-refractivity contribution is -0.383.